The van der Waals surface area contributed by atoms with Gasteiger partial charge in [-0.3, -0.25) is 29.2 Å². The molecule has 0 aliphatic carbocycles. The minimum Gasteiger partial charge on any atom is -0.477 e. The second-order valence-electron chi connectivity index (χ2n) is 11.3. The number of aromatic nitrogens is 7. The number of nitrogens with two attached hydrogens (primary N) is 3. The molecule has 0 saturated carbocycles. The predicted octanol–water partition coefficient (Wildman–Crippen LogP) is -1.15. The molecule has 1 fully saturated rings. The number of carboxylic acids is 1. The molecule has 0 radical (unpaired) electrons. The molecule has 0 bridgehead atoms. The average Bonchev–Trinajstić information content (AvgIpc) is 3.74. The number of ether oxygens (including phenoxy) is 1. The molecule has 23 nitrogen and oxygen atoms in total. The van der Waals surface area contributed by atoms with Crippen molar-refractivity contribution in [1.29, 1.82) is 0 Å². The molecule has 5 heterocycles. The fourth-order valence-electron chi connectivity index (χ4n) is 5.48. The second-order valence-corrected chi connectivity index (χ2v) is 15.7. The number of tetrazole rings is 1. The highest BCUT2D eigenvalue weighted by atomic mass is 32.2. The van der Waals surface area contributed by atoms with Crippen LogP contribution in [0.4, 0.5) is 27.2 Å². The van der Waals surface area contributed by atoms with Crippen LogP contribution < -0.4 is 37.7 Å². The summed E-state index contributed by atoms with van der Waals surface area (Å²) in [6.45, 7) is 0. The maximum absolute atomic E-state index is 14.3. The summed E-state index contributed by atoms with van der Waals surface area (Å²) < 4.78 is 30.1. The first kappa shape index (κ1) is 38.1. The van der Waals surface area contributed by atoms with Crippen LogP contribution in [0.1, 0.15) is 11.7 Å². The van der Waals surface area contributed by atoms with Gasteiger partial charge >= 0.3 is 12.0 Å². The number of nitrogens with zero attached hydrogens (tertiary/aromatic N) is 8. The summed E-state index contributed by atoms with van der Waals surface area (Å²) in [7, 11) is -1.21. The zero-order valence-electron chi connectivity index (χ0n) is 27.7. The van der Waals surface area contributed by atoms with E-state index in [-0.39, 0.29) is 38.9 Å². The van der Waals surface area contributed by atoms with E-state index in [0.717, 1.165) is 53.1 Å². The Labute approximate surface area is 315 Å². The number of rotatable bonds is 13. The normalized spacial score (nSPS) is 18.8. The van der Waals surface area contributed by atoms with E-state index in [0.29, 0.717) is 21.3 Å². The first-order chi connectivity index (χ1) is 25.5. The highest BCUT2D eigenvalue weighted by Gasteiger charge is 2.67. The Balaban J connectivity index is 1.29. The van der Waals surface area contributed by atoms with Crippen LogP contribution in [0.2, 0.25) is 0 Å². The Kier molecular flexibility index (Phi) is 10.4. The molecular weight excluding hydrogens is 793 g/mol. The Bertz CT molecular complexity index is 2360. The van der Waals surface area contributed by atoms with E-state index in [1.807, 2.05) is 0 Å². The van der Waals surface area contributed by atoms with E-state index in [1.54, 1.807) is 7.05 Å². The number of nitrogen functional groups attached to an aromatic ring is 1. The summed E-state index contributed by atoms with van der Waals surface area (Å²) in [5.74, 6) is -3.30. The number of carboxylic acid groups (broad SMARTS) is 1. The number of hydrogen-bond donors (Lipinski definition) is 7. The summed E-state index contributed by atoms with van der Waals surface area (Å²) in [6.07, 6.45) is 0.945. The number of thiazole rings is 1. The number of thioether (sulfide) groups is 2. The highest BCUT2D eigenvalue weighted by molar-refractivity contribution is 8.01. The first-order valence-corrected chi connectivity index (χ1v) is 19.4. The number of urea groups is 1. The number of β-lactam (4-membered cyclic amide) rings is 1. The van der Waals surface area contributed by atoms with E-state index in [4.69, 9.17) is 21.3 Å². The third kappa shape index (κ3) is 7.06. The molecule has 3 atom stereocenters. The number of anilines is 4. The number of primary sulfonamides is 1. The number of aromatic amines is 1. The highest BCUT2D eigenvalue weighted by Crippen LogP contribution is 2.47. The van der Waals surface area contributed by atoms with E-state index < -0.39 is 62.2 Å². The number of nitrogens with one attached hydrogen (secondary N) is 3. The van der Waals surface area contributed by atoms with E-state index in [2.05, 4.69) is 41.1 Å². The summed E-state index contributed by atoms with van der Waals surface area (Å²) in [4.78, 5) is 79.2. The molecule has 2 aliphatic rings. The molecular formula is C27H28N14O9S4. The minimum absolute atomic E-state index is 0.0128. The van der Waals surface area contributed by atoms with Crippen molar-refractivity contribution in [3.8, 4) is 0 Å². The maximum Gasteiger partial charge on any atom is 0.352 e. The lowest BCUT2D eigenvalue weighted by Crippen LogP contribution is -2.81. The summed E-state index contributed by atoms with van der Waals surface area (Å²) in [6, 6.07) is 2.05. The molecule has 27 heteroatoms. The SMILES string of the molecule is CO[C@@]1(NC(=O)C(c2csc(N)n2)N(C(N)=O)c2cnc(Nc3ccc(S(N)(=O)=O)cc3)[nH]c2=O)C(=O)N2C(C(=O)O)=C(CSc3nnnn3C)CS[C@H]21. The number of fused-ring (bicyclic) bond motifs is 1. The van der Waals surface area contributed by atoms with Gasteiger partial charge in [-0.2, -0.15) is 0 Å². The summed E-state index contributed by atoms with van der Waals surface area (Å²) in [5.41, 5.74) is 8.26. The van der Waals surface area contributed by atoms with Crippen molar-refractivity contribution in [3.05, 3.63) is 63.2 Å². The number of carbonyl (C=O) groups is 4. The van der Waals surface area contributed by atoms with Crippen molar-refractivity contribution in [2.75, 3.05) is 34.6 Å². The molecule has 0 spiro atoms. The van der Waals surface area contributed by atoms with Gasteiger partial charge in [0.1, 0.15) is 16.8 Å². The number of carbonyl (C=O) groups excluding carboxylic acids is 3. The van der Waals surface area contributed by atoms with Crippen LogP contribution in [-0.4, -0.2) is 107 Å². The first-order valence-electron chi connectivity index (χ1n) is 15.0. The average molecular weight is 821 g/mol. The van der Waals surface area contributed by atoms with Gasteiger partial charge in [0.2, 0.25) is 21.1 Å². The lowest BCUT2D eigenvalue weighted by Gasteiger charge is -2.56. The maximum atomic E-state index is 14.3. The molecule has 284 valence electrons. The molecule has 6 rings (SSSR count). The van der Waals surface area contributed by atoms with Crippen LogP contribution in [0, 0.1) is 0 Å². The number of amides is 4. The number of primary amides is 1. The topological polar surface area (TPSA) is 343 Å². The largest absolute Gasteiger partial charge is 0.477 e. The van der Waals surface area contributed by atoms with Gasteiger partial charge in [0.15, 0.2) is 11.2 Å². The third-order valence-corrected chi connectivity index (χ3v) is 12.0. The Morgan fingerprint density at radius 2 is 1.98 bits per heavy atom. The molecule has 1 saturated heterocycles. The van der Waals surface area contributed by atoms with Crippen molar-refractivity contribution < 1.29 is 37.4 Å². The number of methoxy groups -OCH3 is 1. The number of hydrogen-bond acceptors (Lipinski definition) is 18. The van der Waals surface area contributed by atoms with E-state index >= 15 is 0 Å². The number of H-pyrrole nitrogens is 1. The van der Waals surface area contributed by atoms with E-state index in [1.165, 1.54) is 34.3 Å². The van der Waals surface area contributed by atoms with Crippen LogP contribution >= 0.6 is 34.9 Å². The number of aliphatic carboxylic acids is 1. The van der Waals surface area contributed by atoms with Gasteiger partial charge in [-0.25, -0.2) is 37.8 Å². The van der Waals surface area contributed by atoms with Crippen LogP contribution in [0.25, 0.3) is 0 Å². The Morgan fingerprint density at radius 3 is 2.54 bits per heavy atom. The number of sulfonamides is 1. The van der Waals surface area contributed by atoms with Crippen molar-refractivity contribution in [3.63, 3.8) is 0 Å². The molecule has 4 amide bonds. The zero-order valence-corrected chi connectivity index (χ0v) is 31.0. The molecule has 1 unspecified atom stereocenters. The number of benzene rings is 1. The van der Waals surface area contributed by atoms with Gasteiger partial charge in [-0.15, -0.1) is 28.2 Å². The molecule has 3 aromatic heterocycles. The van der Waals surface area contributed by atoms with Gasteiger partial charge in [-0.05, 0) is 40.3 Å². The van der Waals surface area contributed by atoms with Crippen LogP contribution in [0.3, 0.4) is 0 Å². The molecule has 4 aromatic rings. The van der Waals surface area contributed by atoms with Crippen molar-refractivity contribution in [2.24, 2.45) is 17.9 Å². The van der Waals surface area contributed by atoms with Crippen LogP contribution in [-0.2, 0) is 36.2 Å². The molecule has 2 aliphatic heterocycles. The molecule has 10 N–H and O–H groups in total. The zero-order chi connectivity index (χ0) is 39.1. The molecule has 1 aromatic carbocycles. The van der Waals surface area contributed by atoms with Crippen molar-refractivity contribution in [1.82, 2.24) is 45.4 Å². The lowest BCUT2D eigenvalue weighted by molar-refractivity contribution is -0.192. The fourth-order valence-corrected chi connectivity index (χ4v) is 9.01. The van der Waals surface area contributed by atoms with Crippen molar-refractivity contribution >= 4 is 91.2 Å². The van der Waals surface area contributed by atoms with Gasteiger partial charge < -0.3 is 31.9 Å². The van der Waals surface area contributed by atoms with Gasteiger partial charge in [-0.1, -0.05) is 11.8 Å². The predicted molar refractivity (Wildman–Crippen MR) is 192 cm³/mol. The van der Waals surface area contributed by atoms with E-state index in [9.17, 15) is 37.5 Å². The van der Waals surface area contributed by atoms with Gasteiger partial charge in [0.25, 0.3) is 23.1 Å². The van der Waals surface area contributed by atoms with Gasteiger partial charge in [0.05, 0.1) is 16.8 Å². The van der Waals surface area contributed by atoms with Crippen LogP contribution in [0.5, 0.6) is 0 Å². The third-order valence-electron chi connectivity index (χ3n) is 7.95. The second kappa shape index (κ2) is 14.7. The summed E-state index contributed by atoms with van der Waals surface area (Å²) in [5, 5.41) is 32.4. The standard InChI is InChI=1S/C27H28N14O9S4/c1-39-26(36-37-38-39)53-9-11-8-51-22-27(50-2,21(46)41(22)16(11)20(44)45)35-19(43)17(14-10-52-23(28)33-14)40(24(29)47)15-7-31-25(34-18(15)42)32-12-3-5-13(6-4-12)54(30,48)49/h3-7,10,17,22H,8-9H2,1-2H3,(H2,28,33)(H2,29,47)(H,35,43)(H,44,45)(H2,30,48,49)(H2,31,32,34,42)/t17?,22-,27-/m0/s1. The minimum atomic E-state index is -3.96. The number of aryl methyl sites for hydroxylation is 1. The lowest BCUT2D eigenvalue weighted by atomic mass is 9.97. The van der Waals surface area contributed by atoms with Crippen molar-refractivity contribution in [2.45, 2.75) is 27.2 Å². The monoisotopic (exact) mass is 820 g/mol. The quantitative estimate of drug-likeness (QED) is 0.0476. The smallest absolute Gasteiger partial charge is 0.352 e. The molecule has 54 heavy (non-hydrogen) atoms. The van der Waals surface area contributed by atoms with Gasteiger partial charge in [0, 0.05) is 36.7 Å². The van der Waals surface area contributed by atoms with Crippen LogP contribution in [0.15, 0.2) is 62.0 Å². The fraction of sp³-hybridized carbons (Fsp3) is 0.259. The Hall–Kier alpha value is -5.61. The summed E-state index contributed by atoms with van der Waals surface area (Å²) >= 11 is 3.19. The Morgan fingerprint density at radius 1 is 1.26 bits per heavy atom.